The number of thioether (sulfide) groups is 1. The lowest BCUT2D eigenvalue weighted by Gasteiger charge is -2.13. The van der Waals surface area contributed by atoms with Crippen LogP contribution in [0, 0.1) is 0 Å². The predicted octanol–water partition coefficient (Wildman–Crippen LogP) is 5.05. The van der Waals surface area contributed by atoms with E-state index in [1.807, 2.05) is 42.5 Å². The number of rotatable bonds is 2. The molecule has 4 rings (SSSR count). The topological polar surface area (TPSA) is 41.6 Å². The summed E-state index contributed by atoms with van der Waals surface area (Å²) in [6.45, 7) is 0. The second kappa shape index (κ2) is 6.13. The van der Waals surface area contributed by atoms with Crippen LogP contribution in [0.4, 0.5) is 11.4 Å². The van der Waals surface area contributed by atoms with Crippen molar-refractivity contribution in [3.8, 4) is 5.75 Å². The van der Waals surface area contributed by atoms with E-state index in [4.69, 9.17) is 4.74 Å². The third kappa shape index (κ3) is 2.55. The number of nitrogens with one attached hydrogen (secondary N) is 1. The van der Waals surface area contributed by atoms with Gasteiger partial charge in [-0.1, -0.05) is 39.8 Å². The highest BCUT2D eigenvalue weighted by Gasteiger charge is 2.42. The van der Waals surface area contributed by atoms with Crippen molar-refractivity contribution in [1.82, 2.24) is 0 Å². The number of benzene rings is 2. The zero-order valence-electron chi connectivity index (χ0n) is 12.5. The quantitative estimate of drug-likeness (QED) is 0.627. The summed E-state index contributed by atoms with van der Waals surface area (Å²) in [5, 5.41) is 3.37. The molecule has 1 N–H and O–H groups in total. The average Bonchev–Trinajstić information content (AvgIpc) is 3.04. The molecule has 122 valence electrons. The molecule has 0 bridgehead atoms. The second-order valence-corrected chi connectivity index (χ2v) is 8.22. The number of ether oxygens (including phenoxy) is 1. The predicted molar refractivity (Wildman–Crippen MR) is 105 cm³/mol. The Labute approximate surface area is 160 Å². The smallest absolute Gasteiger partial charge is 0.267 e. The molecular weight excluding hydrogens is 456 g/mol. The van der Waals surface area contributed by atoms with Gasteiger partial charge in [-0.3, -0.25) is 9.69 Å². The van der Waals surface area contributed by atoms with Crippen molar-refractivity contribution in [2.75, 3.05) is 17.3 Å². The maximum atomic E-state index is 12.9. The van der Waals surface area contributed by atoms with Crippen molar-refractivity contribution in [1.29, 1.82) is 0 Å². The van der Waals surface area contributed by atoms with Crippen molar-refractivity contribution in [3.05, 3.63) is 55.8 Å². The van der Waals surface area contributed by atoms with Gasteiger partial charge in [-0.25, -0.2) is 0 Å². The van der Waals surface area contributed by atoms with Gasteiger partial charge in [0.15, 0.2) is 5.50 Å². The second-order valence-electron chi connectivity index (χ2n) is 5.33. The molecule has 0 unspecified atom stereocenters. The lowest BCUT2D eigenvalue weighted by molar-refractivity contribution is -0.114. The standard InChI is InChI=1S/C17H12Br2N2O2S/c1-23-15-9(6-10(18)8-11(15)19)7-14-16(22)21-13-5-3-2-4-12(13)20-17(21)24-14/h2-8,17,20H,1H3/b14-7+/t17-/m1/s1. The van der Waals surface area contributed by atoms with Crippen LogP contribution in [0.5, 0.6) is 5.75 Å². The van der Waals surface area contributed by atoms with Crippen molar-refractivity contribution in [2.24, 2.45) is 0 Å². The van der Waals surface area contributed by atoms with Gasteiger partial charge in [0.2, 0.25) is 0 Å². The number of amides is 1. The number of halogens is 2. The first-order valence-electron chi connectivity index (χ1n) is 7.19. The lowest BCUT2D eigenvalue weighted by atomic mass is 10.2. The first-order valence-corrected chi connectivity index (χ1v) is 9.65. The molecule has 2 aliphatic heterocycles. The molecule has 24 heavy (non-hydrogen) atoms. The Bertz CT molecular complexity index is 885. The zero-order chi connectivity index (χ0) is 16.8. The van der Waals surface area contributed by atoms with Crippen LogP contribution in [-0.4, -0.2) is 18.5 Å². The first-order chi connectivity index (χ1) is 11.6. The van der Waals surface area contributed by atoms with Gasteiger partial charge < -0.3 is 10.1 Å². The Morgan fingerprint density at radius 2 is 2.08 bits per heavy atom. The highest BCUT2D eigenvalue weighted by atomic mass is 79.9. The Hall–Kier alpha value is -1.44. The molecule has 1 saturated heterocycles. The zero-order valence-corrected chi connectivity index (χ0v) is 16.5. The van der Waals surface area contributed by atoms with Crippen LogP contribution >= 0.6 is 43.6 Å². The third-order valence-electron chi connectivity index (χ3n) is 3.87. The van der Waals surface area contributed by atoms with E-state index in [2.05, 4.69) is 37.2 Å². The molecule has 1 atom stereocenters. The van der Waals surface area contributed by atoms with Gasteiger partial charge >= 0.3 is 0 Å². The minimum atomic E-state index is -0.0947. The molecule has 0 saturated carbocycles. The summed E-state index contributed by atoms with van der Waals surface area (Å²) in [7, 11) is 1.62. The minimum Gasteiger partial charge on any atom is -0.495 e. The molecule has 2 aromatic rings. The van der Waals surface area contributed by atoms with E-state index in [1.165, 1.54) is 11.8 Å². The molecule has 0 aromatic heterocycles. The van der Waals surface area contributed by atoms with Crippen LogP contribution in [0.25, 0.3) is 6.08 Å². The van der Waals surface area contributed by atoms with Crippen LogP contribution < -0.4 is 15.0 Å². The van der Waals surface area contributed by atoms with Crippen molar-refractivity contribution < 1.29 is 9.53 Å². The molecule has 2 heterocycles. The number of fused-ring (bicyclic) bond motifs is 3. The van der Waals surface area contributed by atoms with Crippen LogP contribution in [0.3, 0.4) is 0 Å². The fraction of sp³-hybridized carbons (Fsp3) is 0.118. The molecule has 1 amide bonds. The number of anilines is 2. The van der Waals surface area contributed by atoms with Crippen molar-refractivity contribution in [2.45, 2.75) is 5.50 Å². The average molecular weight is 468 g/mol. The van der Waals surface area contributed by atoms with Gasteiger partial charge in [-0.2, -0.15) is 0 Å². The van der Waals surface area contributed by atoms with Gasteiger partial charge in [0.05, 0.1) is 27.9 Å². The molecule has 7 heteroatoms. The SMILES string of the molecule is COc1c(Br)cc(Br)cc1/C=C1/S[C@@H]2Nc3ccccc3N2C1=O. The molecule has 4 nitrogen and oxygen atoms in total. The maximum absolute atomic E-state index is 12.9. The van der Waals surface area contributed by atoms with Crippen molar-refractivity contribution >= 4 is 67.0 Å². The molecule has 1 fully saturated rings. The summed E-state index contributed by atoms with van der Waals surface area (Å²) >= 11 is 8.49. The Balaban J connectivity index is 1.74. The van der Waals surface area contributed by atoms with Crippen molar-refractivity contribution in [3.63, 3.8) is 0 Å². The minimum absolute atomic E-state index is 0.000557. The Kier molecular flexibility index (Phi) is 4.10. The molecule has 0 spiro atoms. The van der Waals surface area contributed by atoms with Gasteiger partial charge in [-0.15, -0.1) is 0 Å². The number of para-hydroxylation sites is 2. The number of carbonyl (C=O) groups excluding carboxylic acids is 1. The molecule has 2 aromatic carbocycles. The molecular formula is C17H12Br2N2O2S. The van der Waals surface area contributed by atoms with E-state index in [9.17, 15) is 4.79 Å². The van der Waals surface area contributed by atoms with Gasteiger partial charge in [0.25, 0.3) is 5.91 Å². The first kappa shape index (κ1) is 16.1. The van der Waals surface area contributed by atoms with Crippen LogP contribution in [0.2, 0.25) is 0 Å². The number of methoxy groups -OCH3 is 1. The molecule has 0 aliphatic carbocycles. The number of hydrogen-bond acceptors (Lipinski definition) is 4. The largest absolute Gasteiger partial charge is 0.495 e. The van der Waals surface area contributed by atoms with Crippen LogP contribution in [0.1, 0.15) is 5.56 Å². The van der Waals surface area contributed by atoms with Crippen LogP contribution in [-0.2, 0) is 4.79 Å². The summed E-state index contributed by atoms with van der Waals surface area (Å²) in [5.74, 6) is 0.708. The summed E-state index contributed by atoms with van der Waals surface area (Å²) in [6.07, 6.45) is 1.88. The van der Waals surface area contributed by atoms with E-state index in [-0.39, 0.29) is 11.4 Å². The normalized spacial score (nSPS) is 20.1. The van der Waals surface area contributed by atoms with Gasteiger partial charge in [-0.05, 0) is 46.3 Å². The summed E-state index contributed by atoms with van der Waals surface area (Å²) < 4.78 is 7.22. The fourth-order valence-electron chi connectivity index (χ4n) is 2.86. The fourth-order valence-corrected chi connectivity index (χ4v) is 5.41. The molecule has 0 radical (unpaired) electrons. The molecule has 2 aliphatic rings. The van der Waals surface area contributed by atoms with Gasteiger partial charge in [0, 0.05) is 10.0 Å². The maximum Gasteiger partial charge on any atom is 0.267 e. The van der Waals surface area contributed by atoms with E-state index < -0.39 is 0 Å². The van der Waals surface area contributed by atoms with E-state index >= 15 is 0 Å². The highest BCUT2D eigenvalue weighted by molar-refractivity contribution is 9.11. The summed E-state index contributed by atoms with van der Waals surface area (Å²) in [6, 6.07) is 11.7. The number of nitrogens with zero attached hydrogens (tertiary/aromatic N) is 1. The Morgan fingerprint density at radius 1 is 1.29 bits per heavy atom. The van der Waals surface area contributed by atoms with E-state index in [0.717, 1.165) is 25.9 Å². The summed E-state index contributed by atoms with van der Waals surface area (Å²) in [4.78, 5) is 15.3. The Morgan fingerprint density at radius 3 is 2.88 bits per heavy atom. The third-order valence-corrected chi connectivity index (χ3v) is 6.02. The van der Waals surface area contributed by atoms with Gasteiger partial charge in [0.1, 0.15) is 5.75 Å². The number of carbonyl (C=O) groups is 1. The van der Waals surface area contributed by atoms with E-state index in [1.54, 1.807) is 12.0 Å². The van der Waals surface area contributed by atoms with E-state index in [0.29, 0.717) is 10.7 Å². The lowest BCUT2D eigenvalue weighted by Crippen LogP contribution is -2.31. The number of hydrogen-bond donors (Lipinski definition) is 1. The highest BCUT2D eigenvalue weighted by Crippen LogP contribution is 2.47. The monoisotopic (exact) mass is 466 g/mol. The van der Waals surface area contributed by atoms with Crippen LogP contribution in [0.15, 0.2) is 50.2 Å². The summed E-state index contributed by atoms with van der Waals surface area (Å²) in [5.41, 5.74) is 2.67.